The van der Waals surface area contributed by atoms with E-state index in [0.717, 1.165) is 184 Å². The minimum atomic E-state index is 0.219. The second kappa shape index (κ2) is 33.4. The van der Waals surface area contributed by atoms with Gasteiger partial charge in [-0.1, -0.05) is 303 Å². The highest BCUT2D eigenvalue weighted by molar-refractivity contribution is 6.18. The van der Waals surface area contributed by atoms with Gasteiger partial charge in [0.1, 0.15) is 0 Å². The first-order valence-electron chi connectivity index (χ1n) is 49.6. The van der Waals surface area contributed by atoms with Gasteiger partial charge in [-0.25, -0.2) is 9.97 Å². The number of para-hydroxylation sites is 7. The summed E-state index contributed by atoms with van der Waals surface area (Å²) in [5.74, 6) is 0.599. The number of rotatable bonds is 16. The molecule has 29 rings (SSSR count). The molecule has 8 nitrogen and oxygen atoms in total. The van der Waals surface area contributed by atoms with Crippen molar-refractivity contribution >= 4 is 131 Å². The van der Waals surface area contributed by atoms with Gasteiger partial charge in [0.15, 0.2) is 5.82 Å². The molecule has 7 heterocycles. The Hall–Kier alpha value is -19.0. The second-order valence-corrected chi connectivity index (χ2v) is 38.3. The van der Waals surface area contributed by atoms with Crippen molar-refractivity contribution in [3.05, 3.63) is 516 Å². The third-order valence-corrected chi connectivity index (χ3v) is 30.1. The molecule has 144 heavy (non-hydrogen) atoms. The van der Waals surface area contributed by atoms with E-state index < -0.39 is 0 Å². The smallest absolute Gasteiger partial charge is 0.160 e. The standard InChI is InChI=1S/C136H88N8/c1-7-30-87(31-8-1)101-73-102(88-32-9-2-10-33-88)75-103(74-101)89-34-27-35-98(72-89)122-86-123(99-36-28-46-108(76-99)143-132-68-60-94(90-56-64-128-114(78-90)110-48-19-23-52-124(110)139(128)104-38-11-3-12-39-104)82-118(132)119-83-95(61-69-133(119)143)91-57-65-129-115(79-91)111-49-20-24-53-125(111)140(129)105-40-13-4-14-41-105)138-136(137-122)100-37-29-47-109(77-100)144-134-70-62-96(92-58-66-130-116(80-92)112-50-21-25-54-126(112)141(130)106-42-15-5-16-43-106)84-120(134)121-85-97(63-71-135(121)144)93-59-67-131-117(81-93)113-51-22-26-55-127(113)142(131)107-44-17-6-18-45-107/h1-44,46-86,107H,45H2. The van der Waals surface area contributed by atoms with E-state index in [-0.39, 0.29) is 6.04 Å². The van der Waals surface area contributed by atoms with Gasteiger partial charge in [-0.05, 0) is 297 Å². The van der Waals surface area contributed by atoms with E-state index in [1.165, 1.54) is 87.2 Å². The summed E-state index contributed by atoms with van der Waals surface area (Å²) in [5.41, 5.74) is 39.5. The van der Waals surface area contributed by atoms with E-state index in [4.69, 9.17) is 9.97 Å². The van der Waals surface area contributed by atoms with Crippen LogP contribution >= 0.6 is 0 Å². The third kappa shape index (κ3) is 13.6. The Kier molecular flexibility index (Phi) is 19.0. The largest absolute Gasteiger partial charge is 0.333 e. The molecule has 0 spiro atoms. The fourth-order valence-electron chi connectivity index (χ4n) is 23.4. The molecule has 0 aliphatic heterocycles. The summed E-state index contributed by atoms with van der Waals surface area (Å²) >= 11 is 0. The molecule has 0 saturated heterocycles. The van der Waals surface area contributed by atoms with Crippen molar-refractivity contribution in [3.8, 4) is 140 Å². The molecule has 7 aromatic heterocycles. The molecule has 0 N–H and O–H groups in total. The first-order valence-corrected chi connectivity index (χ1v) is 49.6. The first-order chi connectivity index (χ1) is 71.4. The van der Waals surface area contributed by atoms with Gasteiger partial charge in [0, 0.05) is 121 Å². The highest BCUT2D eigenvalue weighted by atomic mass is 15.0. The summed E-state index contributed by atoms with van der Waals surface area (Å²) < 4.78 is 14.6. The molecule has 1 aliphatic carbocycles. The zero-order valence-corrected chi connectivity index (χ0v) is 78.4. The SMILES string of the molecule is C1=CCC(n2c3ccccc3c3cc(-c4ccc5c(c4)c4cc(-c6ccc7c(c6)c6ccccc6n7-c6ccccc6)ccc4n5-c4cccc(-c5nc(-c6cccc(-c7cc(-c8ccccc8)cc(-c8ccccc8)c7)c6)cc(-c6cccc(-n7c8ccc(-c9ccc%10c(c9)c9ccccc9n%10-c9ccccc9)cc8c8cc(-c9ccc%10c(c9)c9ccccc9n%10-c9ccccc9)ccc87)c6)n5)c4)ccc32)C=C1. The molecule has 0 amide bonds. The van der Waals surface area contributed by atoms with Gasteiger partial charge in [0.25, 0.3) is 0 Å². The number of allylic oxidation sites excluding steroid dienone is 4. The van der Waals surface area contributed by atoms with Crippen molar-refractivity contribution in [3.63, 3.8) is 0 Å². The zero-order chi connectivity index (χ0) is 94.6. The summed E-state index contributed by atoms with van der Waals surface area (Å²) in [5, 5.41) is 14.4. The van der Waals surface area contributed by atoms with Crippen molar-refractivity contribution in [1.82, 2.24) is 37.4 Å². The summed E-state index contributed by atoms with van der Waals surface area (Å²) in [6.07, 6.45) is 9.92. The van der Waals surface area contributed by atoms with Gasteiger partial charge >= 0.3 is 0 Å². The molecule has 1 unspecified atom stereocenters. The highest BCUT2D eigenvalue weighted by Crippen LogP contribution is 2.48. The van der Waals surface area contributed by atoms with Crippen LogP contribution in [0, 0.1) is 0 Å². The molecule has 0 fully saturated rings. The van der Waals surface area contributed by atoms with Crippen LogP contribution < -0.4 is 0 Å². The predicted molar refractivity (Wildman–Crippen MR) is 603 cm³/mol. The van der Waals surface area contributed by atoms with Gasteiger partial charge in [0.05, 0.1) is 72.6 Å². The maximum Gasteiger partial charge on any atom is 0.160 e. The maximum atomic E-state index is 5.85. The van der Waals surface area contributed by atoms with Crippen LogP contribution in [0.1, 0.15) is 12.5 Å². The Labute approximate surface area is 830 Å². The molecular weight excluding hydrogens is 1750 g/mol. The Morgan fingerprint density at radius 1 is 0.160 bits per heavy atom. The molecule has 28 aromatic rings. The highest BCUT2D eigenvalue weighted by Gasteiger charge is 2.26. The van der Waals surface area contributed by atoms with Crippen LogP contribution in [0.4, 0.5) is 0 Å². The number of fused-ring (bicyclic) bond motifs is 18. The van der Waals surface area contributed by atoms with Crippen molar-refractivity contribution in [2.45, 2.75) is 12.5 Å². The quantitative estimate of drug-likeness (QED) is 0.0968. The van der Waals surface area contributed by atoms with Crippen LogP contribution in [0.5, 0.6) is 0 Å². The van der Waals surface area contributed by atoms with Crippen LogP contribution in [-0.4, -0.2) is 37.4 Å². The van der Waals surface area contributed by atoms with Crippen LogP contribution in [0.15, 0.2) is 516 Å². The van der Waals surface area contributed by atoms with E-state index in [0.29, 0.717) is 5.82 Å². The van der Waals surface area contributed by atoms with Gasteiger partial charge in [-0.3, -0.25) is 0 Å². The predicted octanol–water partition coefficient (Wildman–Crippen LogP) is 35.8. The number of nitrogens with zero attached hydrogens (tertiary/aromatic N) is 8. The summed E-state index contributed by atoms with van der Waals surface area (Å²) in [6, 6.07) is 182. The van der Waals surface area contributed by atoms with Crippen LogP contribution in [0.25, 0.3) is 271 Å². The molecule has 0 saturated carbocycles. The average molecular weight is 1830 g/mol. The van der Waals surface area contributed by atoms with E-state index >= 15 is 0 Å². The molecule has 21 aromatic carbocycles. The fraction of sp³-hybridized carbons (Fsp3) is 0.0147. The second-order valence-electron chi connectivity index (χ2n) is 38.3. The van der Waals surface area contributed by atoms with E-state index in [9.17, 15) is 0 Å². The first kappa shape index (κ1) is 82.1. The number of hydrogen-bond donors (Lipinski definition) is 0. The summed E-state index contributed by atoms with van der Waals surface area (Å²) in [6.45, 7) is 0. The summed E-state index contributed by atoms with van der Waals surface area (Å²) in [7, 11) is 0. The van der Waals surface area contributed by atoms with Gasteiger partial charge < -0.3 is 27.4 Å². The Morgan fingerprint density at radius 2 is 0.403 bits per heavy atom. The molecule has 0 radical (unpaired) electrons. The Morgan fingerprint density at radius 3 is 0.778 bits per heavy atom. The molecule has 672 valence electrons. The van der Waals surface area contributed by atoms with Crippen LogP contribution in [0.3, 0.4) is 0 Å². The van der Waals surface area contributed by atoms with E-state index in [2.05, 4.69) is 543 Å². The lowest BCUT2D eigenvalue weighted by Crippen LogP contribution is -2.06. The Balaban J connectivity index is 0.607. The van der Waals surface area contributed by atoms with E-state index in [1.54, 1.807) is 0 Å². The Bertz CT molecular complexity index is 9890. The normalized spacial score (nSPS) is 12.8. The molecule has 1 atom stereocenters. The lowest BCUT2D eigenvalue weighted by molar-refractivity contribution is 0.648. The maximum absolute atomic E-state index is 5.85. The minimum Gasteiger partial charge on any atom is -0.333 e. The lowest BCUT2D eigenvalue weighted by Gasteiger charge is -2.18. The fourth-order valence-corrected chi connectivity index (χ4v) is 23.4. The molecular formula is C136H88N8. The topological polar surface area (TPSA) is 55.4 Å². The van der Waals surface area contributed by atoms with Gasteiger partial charge in [-0.2, -0.15) is 0 Å². The number of benzene rings is 21. The van der Waals surface area contributed by atoms with Crippen molar-refractivity contribution < 1.29 is 0 Å². The number of aromatic nitrogens is 8. The van der Waals surface area contributed by atoms with Crippen LogP contribution in [0.2, 0.25) is 0 Å². The molecule has 8 heteroatoms. The van der Waals surface area contributed by atoms with Crippen molar-refractivity contribution in [2.75, 3.05) is 0 Å². The third-order valence-electron chi connectivity index (χ3n) is 30.1. The van der Waals surface area contributed by atoms with Gasteiger partial charge in [-0.15, -0.1) is 0 Å². The van der Waals surface area contributed by atoms with E-state index in [1.807, 2.05) is 0 Å². The lowest BCUT2D eigenvalue weighted by atomic mass is 9.92. The zero-order valence-electron chi connectivity index (χ0n) is 78.4. The van der Waals surface area contributed by atoms with Gasteiger partial charge in [0.2, 0.25) is 0 Å². The van der Waals surface area contributed by atoms with Crippen LogP contribution in [-0.2, 0) is 0 Å². The summed E-state index contributed by atoms with van der Waals surface area (Å²) in [4.78, 5) is 11.7. The number of hydrogen-bond acceptors (Lipinski definition) is 2. The average Bonchev–Trinajstić information content (AvgIpc) is 1.49. The monoisotopic (exact) mass is 1830 g/mol. The minimum absolute atomic E-state index is 0.219. The molecule has 0 bridgehead atoms. The van der Waals surface area contributed by atoms with Crippen molar-refractivity contribution in [1.29, 1.82) is 0 Å². The molecule has 1 aliphatic rings. The van der Waals surface area contributed by atoms with Crippen molar-refractivity contribution in [2.24, 2.45) is 0 Å².